The highest BCUT2D eigenvalue weighted by atomic mass is 35.5. The molecule has 3 heterocycles. The molecule has 1 aromatic heterocycles. The van der Waals surface area contributed by atoms with Crippen molar-refractivity contribution < 1.29 is 0 Å². The van der Waals surface area contributed by atoms with Gasteiger partial charge in [-0.2, -0.15) is 4.98 Å². The Balaban J connectivity index is 0.00000113. The van der Waals surface area contributed by atoms with Crippen LogP contribution in [0.25, 0.3) is 0 Å². The van der Waals surface area contributed by atoms with Crippen molar-refractivity contribution in [1.29, 1.82) is 0 Å². The molecule has 3 aliphatic rings. The number of aromatic nitrogens is 2. The summed E-state index contributed by atoms with van der Waals surface area (Å²) < 4.78 is 0. The van der Waals surface area contributed by atoms with Crippen molar-refractivity contribution in [2.75, 3.05) is 50.1 Å². The summed E-state index contributed by atoms with van der Waals surface area (Å²) in [7, 11) is 4.45. The van der Waals surface area contributed by atoms with E-state index < -0.39 is 0 Å². The average Bonchev–Trinajstić information content (AvgIpc) is 3.04. The molecule has 0 radical (unpaired) electrons. The van der Waals surface area contributed by atoms with E-state index in [1.807, 2.05) is 0 Å². The van der Waals surface area contributed by atoms with Gasteiger partial charge in [-0.15, -0.1) is 24.8 Å². The van der Waals surface area contributed by atoms with Crippen LogP contribution >= 0.6 is 24.8 Å². The van der Waals surface area contributed by atoms with Crippen molar-refractivity contribution >= 4 is 36.6 Å². The van der Waals surface area contributed by atoms with E-state index in [-0.39, 0.29) is 24.8 Å². The van der Waals surface area contributed by atoms with Crippen LogP contribution in [0.5, 0.6) is 0 Å². The summed E-state index contributed by atoms with van der Waals surface area (Å²) in [6.07, 6.45) is 5.38. The molecule has 5 nitrogen and oxygen atoms in total. The maximum atomic E-state index is 4.93. The number of rotatable bonds is 4. The molecule has 0 spiro atoms. The third kappa shape index (κ3) is 4.32. The summed E-state index contributed by atoms with van der Waals surface area (Å²) in [5, 5.41) is 0. The second kappa shape index (κ2) is 8.28. The summed E-state index contributed by atoms with van der Waals surface area (Å²) in [6.45, 7) is 6.57. The summed E-state index contributed by atoms with van der Waals surface area (Å²) in [5.41, 5.74) is 1.09. The van der Waals surface area contributed by atoms with Crippen LogP contribution in [0.3, 0.4) is 0 Å². The highest BCUT2D eigenvalue weighted by molar-refractivity contribution is 5.85. The van der Waals surface area contributed by atoms with Crippen LogP contribution < -0.4 is 9.80 Å². The van der Waals surface area contributed by atoms with E-state index in [0.29, 0.717) is 6.04 Å². The SMILES string of the molecule is Cc1cc(N2C[C@H](C3CC3)[C@@H](N(C)C)C2)nc(N2CCCC2)n1.Cl.Cl. The van der Waals surface area contributed by atoms with Gasteiger partial charge in [0, 0.05) is 44.0 Å². The van der Waals surface area contributed by atoms with Gasteiger partial charge in [-0.1, -0.05) is 0 Å². The third-order valence-corrected chi connectivity index (χ3v) is 5.77. The van der Waals surface area contributed by atoms with Gasteiger partial charge in [-0.05, 0) is 58.5 Å². The normalized spacial score (nSPS) is 25.9. The van der Waals surface area contributed by atoms with Gasteiger partial charge < -0.3 is 14.7 Å². The molecule has 25 heavy (non-hydrogen) atoms. The second-order valence-corrected chi connectivity index (χ2v) is 7.80. The summed E-state index contributed by atoms with van der Waals surface area (Å²) in [5.74, 6) is 3.81. The standard InChI is InChI=1S/C18H29N5.2ClH/c1-13-10-17(20-18(19-13)22-8-4-5-9-22)23-11-15(14-6-7-14)16(12-23)21(2)3;;/h10,14-16H,4-9,11-12H2,1-3H3;2*1H/t15-,16+;;/m1../s1. The van der Waals surface area contributed by atoms with Crippen LogP contribution in [0.15, 0.2) is 6.07 Å². The zero-order valence-corrected chi connectivity index (χ0v) is 17.2. The fourth-order valence-electron chi connectivity index (χ4n) is 4.29. The van der Waals surface area contributed by atoms with Gasteiger partial charge in [0.25, 0.3) is 0 Å². The topological polar surface area (TPSA) is 35.5 Å². The largest absolute Gasteiger partial charge is 0.355 e. The maximum absolute atomic E-state index is 4.93. The van der Waals surface area contributed by atoms with Crippen molar-refractivity contribution in [2.45, 2.75) is 38.6 Å². The molecule has 4 rings (SSSR count). The molecule has 1 saturated carbocycles. The molecule has 2 aliphatic heterocycles. The summed E-state index contributed by atoms with van der Waals surface area (Å²) in [4.78, 5) is 16.9. The molecule has 7 heteroatoms. The molecule has 2 atom stereocenters. The van der Waals surface area contributed by atoms with Crippen LogP contribution in [0.4, 0.5) is 11.8 Å². The maximum Gasteiger partial charge on any atom is 0.227 e. The summed E-state index contributed by atoms with van der Waals surface area (Å²) >= 11 is 0. The lowest BCUT2D eigenvalue weighted by Gasteiger charge is -2.24. The average molecular weight is 388 g/mol. The van der Waals surface area contributed by atoms with Crippen molar-refractivity contribution in [1.82, 2.24) is 14.9 Å². The van der Waals surface area contributed by atoms with E-state index in [0.717, 1.165) is 55.5 Å². The third-order valence-electron chi connectivity index (χ3n) is 5.77. The highest BCUT2D eigenvalue weighted by Crippen LogP contribution is 2.43. The predicted molar refractivity (Wildman–Crippen MR) is 109 cm³/mol. The van der Waals surface area contributed by atoms with Crippen LogP contribution in [0.2, 0.25) is 0 Å². The van der Waals surface area contributed by atoms with E-state index >= 15 is 0 Å². The smallest absolute Gasteiger partial charge is 0.227 e. The Morgan fingerprint density at radius 1 is 1.00 bits per heavy atom. The molecule has 1 aliphatic carbocycles. The molecule has 1 aromatic rings. The molecule has 3 fully saturated rings. The van der Waals surface area contributed by atoms with Crippen LogP contribution in [0.1, 0.15) is 31.4 Å². The molecule has 142 valence electrons. The lowest BCUT2D eigenvalue weighted by molar-refractivity contribution is 0.238. The van der Waals surface area contributed by atoms with Gasteiger partial charge in [0.05, 0.1) is 0 Å². The van der Waals surface area contributed by atoms with Crippen molar-refractivity contribution in [2.24, 2.45) is 11.8 Å². The van der Waals surface area contributed by atoms with Gasteiger partial charge in [0.1, 0.15) is 5.82 Å². The zero-order chi connectivity index (χ0) is 16.0. The van der Waals surface area contributed by atoms with Crippen LogP contribution in [-0.4, -0.2) is 61.2 Å². The van der Waals surface area contributed by atoms with Gasteiger partial charge in [-0.25, -0.2) is 4.98 Å². The van der Waals surface area contributed by atoms with Gasteiger partial charge in [-0.3, -0.25) is 0 Å². The second-order valence-electron chi connectivity index (χ2n) is 7.80. The van der Waals surface area contributed by atoms with Gasteiger partial charge >= 0.3 is 0 Å². The fraction of sp³-hybridized carbons (Fsp3) is 0.778. The lowest BCUT2D eigenvalue weighted by atomic mass is 9.97. The molecular formula is C18H31Cl2N5. The molecule has 0 bridgehead atoms. The number of hydrogen-bond acceptors (Lipinski definition) is 5. The first kappa shape index (κ1) is 20.5. The Bertz CT molecular complexity index is 563. The molecule has 0 unspecified atom stereocenters. The number of aryl methyl sites for hydroxylation is 1. The van der Waals surface area contributed by atoms with E-state index in [4.69, 9.17) is 4.98 Å². The number of halogens is 2. The zero-order valence-electron chi connectivity index (χ0n) is 15.5. The van der Waals surface area contributed by atoms with E-state index in [9.17, 15) is 0 Å². The summed E-state index contributed by atoms with van der Waals surface area (Å²) in [6, 6.07) is 2.83. The molecule has 2 saturated heterocycles. The monoisotopic (exact) mass is 387 g/mol. The lowest BCUT2D eigenvalue weighted by Crippen LogP contribution is -2.36. The molecule has 0 amide bonds. The highest BCUT2D eigenvalue weighted by Gasteiger charge is 2.43. The van der Waals surface area contributed by atoms with Crippen LogP contribution in [0, 0.1) is 18.8 Å². The number of anilines is 2. The van der Waals surface area contributed by atoms with E-state index in [1.165, 1.54) is 25.7 Å². The van der Waals surface area contributed by atoms with Crippen molar-refractivity contribution in [3.8, 4) is 0 Å². The van der Waals surface area contributed by atoms with Crippen LogP contribution in [-0.2, 0) is 0 Å². The van der Waals surface area contributed by atoms with Gasteiger partial charge in [0.2, 0.25) is 5.95 Å². The Morgan fingerprint density at radius 2 is 1.68 bits per heavy atom. The van der Waals surface area contributed by atoms with E-state index in [2.05, 4.69) is 46.8 Å². The first-order valence-electron chi connectivity index (χ1n) is 9.14. The minimum absolute atomic E-state index is 0. The Morgan fingerprint density at radius 3 is 2.28 bits per heavy atom. The Hall–Kier alpha value is -0.780. The minimum atomic E-state index is 0. The first-order chi connectivity index (χ1) is 11.1. The molecule has 0 N–H and O–H groups in total. The predicted octanol–water partition coefficient (Wildman–Crippen LogP) is 3.01. The Kier molecular flexibility index (Phi) is 6.80. The first-order valence-corrected chi connectivity index (χ1v) is 9.14. The molecule has 0 aromatic carbocycles. The van der Waals surface area contributed by atoms with Crippen molar-refractivity contribution in [3.63, 3.8) is 0 Å². The number of nitrogens with zero attached hydrogens (tertiary/aromatic N) is 5. The Labute approximate surface area is 164 Å². The fourth-order valence-corrected chi connectivity index (χ4v) is 4.29. The van der Waals surface area contributed by atoms with E-state index in [1.54, 1.807) is 0 Å². The van der Waals surface area contributed by atoms with Gasteiger partial charge in [0.15, 0.2) is 0 Å². The quantitative estimate of drug-likeness (QED) is 0.793. The number of likely N-dealkylation sites (N-methyl/N-ethyl adjacent to an activating group) is 1. The van der Waals surface area contributed by atoms with Crippen molar-refractivity contribution in [3.05, 3.63) is 11.8 Å². The minimum Gasteiger partial charge on any atom is -0.355 e. The number of hydrogen-bond donors (Lipinski definition) is 0. The molecular weight excluding hydrogens is 357 g/mol.